The van der Waals surface area contributed by atoms with E-state index in [4.69, 9.17) is 11.5 Å². The number of carbonyl (C=O) groups is 1. The predicted octanol–water partition coefficient (Wildman–Crippen LogP) is 1.95. The number of carbonyl (C=O) groups excluding carboxylic acids is 1. The van der Waals surface area contributed by atoms with Gasteiger partial charge in [-0.05, 0) is 23.9 Å². The van der Waals surface area contributed by atoms with E-state index in [1.54, 1.807) is 0 Å². The highest BCUT2D eigenvalue weighted by molar-refractivity contribution is 7.08. The monoisotopic (exact) mass is 239 g/mol. The van der Waals surface area contributed by atoms with Gasteiger partial charge in [-0.15, -0.1) is 0 Å². The van der Waals surface area contributed by atoms with Gasteiger partial charge in [0.15, 0.2) is 0 Å². The second-order valence-corrected chi connectivity index (χ2v) is 5.22. The van der Waals surface area contributed by atoms with Crippen LogP contribution in [0.4, 0.5) is 5.82 Å². The molecule has 0 aliphatic heterocycles. The van der Waals surface area contributed by atoms with Crippen LogP contribution in [0.1, 0.15) is 47.3 Å². The van der Waals surface area contributed by atoms with Crippen LogP contribution >= 0.6 is 11.5 Å². The molecule has 0 spiro atoms. The molecule has 1 saturated carbocycles. The summed E-state index contributed by atoms with van der Waals surface area (Å²) < 4.78 is 4.02. The van der Waals surface area contributed by atoms with E-state index in [1.165, 1.54) is 32.1 Å². The fraction of sp³-hybridized carbons (Fsp3) is 0.636. The van der Waals surface area contributed by atoms with Crippen molar-refractivity contribution in [2.45, 2.75) is 38.5 Å². The molecule has 1 fully saturated rings. The minimum Gasteiger partial charge on any atom is -0.383 e. The summed E-state index contributed by atoms with van der Waals surface area (Å²) in [5.74, 6) is 0.731. The molecule has 0 aromatic carbocycles. The number of primary amides is 1. The summed E-state index contributed by atoms with van der Waals surface area (Å²) in [6, 6.07) is 0. The summed E-state index contributed by atoms with van der Waals surface area (Å²) in [5.41, 5.74) is 12.0. The molecular weight excluding hydrogens is 222 g/mol. The highest BCUT2D eigenvalue weighted by Gasteiger charge is 2.21. The van der Waals surface area contributed by atoms with Crippen LogP contribution in [-0.4, -0.2) is 10.3 Å². The van der Waals surface area contributed by atoms with Crippen molar-refractivity contribution in [1.29, 1.82) is 0 Å². The van der Waals surface area contributed by atoms with Crippen molar-refractivity contribution in [3.8, 4) is 0 Å². The molecule has 4 N–H and O–H groups in total. The summed E-state index contributed by atoms with van der Waals surface area (Å²) in [6.45, 7) is 0. The van der Waals surface area contributed by atoms with E-state index in [1.807, 2.05) is 0 Å². The molecule has 88 valence electrons. The van der Waals surface area contributed by atoms with E-state index in [0.717, 1.165) is 23.5 Å². The smallest absolute Gasteiger partial charge is 0.260 e. The zero-order valence-corrected chi connectivity index (χ0v) is 10.1. The standard InChI is InChI=1S/C11H17N3OS/c12-10-8(9(11(13)15)16-14-10)6-7-4-2-1-3-5-7/h7H,1-6H2,(H2,12,14)(H2,13,15). The molecule has 0 radical (unpaired) electrons. The molecule has 0 bridgehead atoms. The fourth-order valence-electron chi connectivity index (χ4n) is 2.39. The topological polar surface area (TPSA) is 82.0 Å². The lowest BCUT2D eigenvalue weighted by Gasteiger charge is -2.21. The zero-order valence-electron chi connectivity index (χ0n) is 9.24. The minimum absolute atomic E-state index is 0.403. The highest BCUT2D eigenvalue weighted by atomic mass is 32.1. The van der Waals surface area contributed by atoms with E-state index in [2.05, 4.69) is 4.37 Å². The van der Waals surface area contributed by atoms with E-state index < -0.39 is 5.91 Å². The number of nitrogen functional groups attached to an aromatic ring is 1. The molecule has 1 aliphatic carbocycles. The molecule has 0 saturated heterocycles. The fourth-order valence-corrected chi connectivity index (χ4v) is 3.08. The molecule has 0 unspecified atom stereocenters. The van der Waals surface area contributed by atoms with Crippen molar-refractivity contribution < 1.29 is 4.79 Å². The summed E-state index contributed by atoms with van der Waals surface area (Å²) in [6.07, 6.45) is 7.22. The van der Waals surface area contributed by atoms with Crippen LogP contribution in [-0.2, 0) is 6.42 Å². The Labute approximate surface area is 99.2 Å². The lowest BCUT2D eigenvalue weighted by atomic mass is 9.85. The number of hydrogen-bond acceptors (Lipinski definition) is 4. The third-order valence-corrected chi connectivity index (χ3v) is 4.18. The van der Waals surface area contributed by atoms with Gasteiger partial charge in [-0.1, -0.05) is 32.1 Å². The van der Waals surface area contributed by atoms with Gasteiger partial charge in [0, 0.05) is 5.56 Å². The SMILES string of the molecule is NC(=O)c1snc(N)c1CC1CCCCC1. The maximum Gasteiger partial charge on any atom is 0.260 e. The Morgan fingerprint density at radius 3 is 2.69 bits per heavy atom. The Bertz CT molecular complexity index is 383. The van der Waals surface area contributed by atoms with Crippen LogP contribution in [0.5, 0.6) is 0 Å². The number of nitrogens with zero attached hydrogens (tertiary/aromatic N) is 1. The Hall–Kier alpha value is -1.10. The van der Waals surface area contributed by atoms with Crippen LogP contribution in [0, 0.1) is 5.92 Å². The van der Waals surface area contributed by atoms with E-state index in [9.17, 15) is 4.79 Å². The average molecular weight is 239 g/mol. The third kappa shape index (κ3) is 2.35. The number of hydrogen-bond donors (Lipinski definition) is 2. The summed E-state index contributed by atoms with van der Waals surface area (Å²) in [5, 5.41) is 0. The molecule has 16 heavy (non-hydrogen) atoms. The second kappa shape index (κ2) is 4.82. The predicted molar refractivity (Wildman–Crippen MR) is 65.3 cm³/mol. The first kappa shape index (κ1) is 11.4. The summed E-state index contributed by atoms with van der Waals surface area (Å²) >= 11 is 1.12. The molecular formula is C11H17N3OS. The van der Waals surface area contributed by atoms with Gasteiger partial charge in [0.1, 0.15) is 10.7 Å². The van der Waals surface area contributed by atoms with Crippen molar-refractivity contribution in [1.82, 2.24) is 4.37 Å². The minimum atomic E-state index is -0.403. The molecule has 5 heteroatoms. The van der Waals surface area contributed by atoms with Gasteiger partial charge in [0.2, 0.25) is 0 Å². The summed E-state index contributed by atoms with van der Waals surface area (Å²) in [7, 11) is 0. The third-order valence-electron chi connectivity index (χ3n) is 3.26. The number of nitrogens with two attached hydrogens (primary N) is 2. The zero-order chi connectivity index (χ0) is 11.5. The van der Waals surface area contributed by atoms with Crippen LogP contribution in [0.2, 0.25) is 0 Å². The lowest BCUT2D eigenvalue weighted by molar-refractivity contribution is 0.100. The van der Waals surface area contributed by atoms with Crippen LogP contribution < -0.4 is 11.5 Å². The Morgan fingerprint density at radius 2 is 2.06 bits per heavy atom. The Kier molecular flexibility index (Phi) is 3.43. The van der Waals surface area contributed by atoms with Crippen LogP contribution in [0.25, 0.3) is 0 Å². The van der Waals surface area contributed by atoms with Gasteiger partial charge in [-0.25, -0.2) is 0 Å². The van der Waals surface area contributed by atoms with Crippen molar-refractivity contribution in [3.63, 3.8) is 0 Å². The normalized spacial score (nSPS) is 17.5. The second-order valence-electron chi connectivity index (χ2n) is 4.45. The molecule has 1 aromatic rings. The maximum absolute atomic E-state index is 11.2. The average Bonchev–Trinajstić information content (AvgIpc) is 2.62. The lowest BCUT2D eigenvalue weighted by Crippen LogP contribution is -2.15. The number of aromatic nitrogens is 1. The van der Waals surface area contributed by atoms with Gasteiger partial charge in [0.05, 0.1) is 0 Å². The number of rotatable bonds is 3. The van der Waals surface area contributed by atoms with Crippen molar-refractivity contribution in [2.75, 3.05) is 5.73 Å². The molecule has 2 rings (SSSR count). The van der Waals surface area contributed by atoms with Crippen LogP contribution in [0.3, 0.4) is 0 Å². The van der Waals surface area contributed by atoms with E-state index in [0.29, 0.717) is 16.6 Å². The largest absolute Gasteiger partial charge is 0.383 e. The van der Waals surface area contributed by atoms with E-state index in [-0.39, 0.29) is 0 Å². The van der Waals surface area contributed by atoms with Gasteiger partial charge in [-0.2, -0.15) is 4.37 Å². The first-order valence-corrected chi connectivity index (χ1v) is 6.49. The first-order valence-electron chi connectivity index (χ1n) is 5.72. The molecule has 1 heterocycles. The van der Waals surface area contributed by atoms with Crippen LogP contribution in [0.15, 0.2) is 0 Å². The summed E-state index contributed by atoms with van der Waals surface area (Å²) in [4.78, 5) is 11.8. The molecule has 1 amide bonds. The van der Waals surface area contributed by atoms with Gasteiger partial charge < -0.3 is 11.5 Å². The van der Waals surface area contributed by atoms with Crippen molar-refractivity contribution >= 4 is 23.3 Å². The quantitative estimate of drug-likeness (QED) is 0.845. The number of anilines is 1. The molecule has 1 aromatic heterocycles. The van der Waals surface area contributed by atoms with Crippen molar-refractivity contribution in [3.05, 3.63) is 10.4 Å². The first-order chi connectivity index (χ1) is 7.68. The van der Waals surface area contributed by atoms with E-state index >= 15 is 0 Å². The maximum atomic E-state index is 11.2. The van der Waals surface area contributed by atoms with Crippen molar-refractivity contribution in [2.24, 2.45) is 11.7 Å². The van der Waals surface area contributed by atoms with Gasteiger partial charge in [-0.3, -0.25) is 4.79 Å². The Morgan fingerprint density at radius 1 is 1.38 bits per heavy atom. The molecule has 0 atom stereocenters. The molecule has 4 nitrogen and oxygen atoms in total. The highest BCUT2D eigenvalue weighted by Crippen LogP contribution is 2.31. The van der Waals surface area contributed by atoms with Gasteiger partial charge in [0.25, 0.3) is 5.91 Å². The van der Waals surface area contributed by atoms with Gasteiger partial charge >= 0.3 is 0 Å². The molecule has 1 aliphatic rings. The number of amides is 1. The Balaban J connectivity index is 2.12.